The molecule has 0 rings (SSSR count). The van der Waals surface area contributed by atoms with Crippen molar-refractivity contribution in [3.05, 3.63) is 0 Å². The minimum absolute atomic E-state index is 0.0639. The van der Waals surface area contributed by atoms with Gasteiger partial charge in [0.1, 0.15) is 0 Å². The summed E-state index contributed by atoms with van der Waals surface area (Å²) >= 11 is 0. The zero-order chi connectivity index (χ0) is 34.1. The minimum Gasteiger partial charge on any atom is -0.377 e. The number of nitrogens with one attached hydrogen (secondary N) is 3. The molecule has 16 heteroatoms. The van der Waals surface area contributed by atoms with Crippen molar-refractivity contribution in [1.29, 1.82) is 0 Å². The van der Waals surface area contributed by atoms with Crippen LogP contribution in [0.2, 0.25) is 0 Å². The monoisotopic (exact) mass is 685 g/mol. The molecule has 0 aliphatic rings. The molecule has 16 nitrogen and oxygen atoms in total. The largest absolute Gasteiger partial charge is 0.377 e. The number of unbranched alkanes of at least 4 members (excludes halogenated alkanes) is 1. The Labute approximate surface area is 281 Å². The normalized spacial score (nSPS) is 11.2. The number of amides is 3. The van der Waals surface area contributed by atoms with Gasteiger partial charge < -0.3 is 68.1 Å². The zero-order valence-corrected chi connectivity index (χ0v) is 28.9. The first-order valence-corrected chi connectivity index (χ1v) is 16.8. The van der Waals surface area contributed by atoms with E-state index in [0.717, 1.165) is 12.8 Å². The Morgan fingerprint density at radius 2 is 0.596 bits per heavy atom. The van der Waals surface area contributed by atoms with E-state index in [1.54, 1.807) is 0 Å². The van der Waals surface area contributed by atoms with Crippen LogP contribution in [0.4, 0.5) is 4.79 Å². The first-order valence-electron chi connectivity index (χ1n) is 16.8. The number of hydrogen-bond acceptors (Lipinski definition) is 13. The highest BCUT2D eigenvalue weighted by molar-refractivity contribution is 5.73. The van der Waals surface area contributed by atoms with Crippen LogP contribution in [0.15, 0.2) is 0 Å². The molecular formula is C31H63N3O13. The fraction of sp³-hybridized carbons (Fsp3) is 0.935. The Bertz CT molecular complexity index is 654. The molecule has 0 aliphatic heterocycles. The van der Waals surface area contributed by atoms with Crippen LogP contribution in [-0.2, 0) is 56.9 Å². The number of urea groups is 1. The number of hydrogen-bond donors (Lipinski definition) is 3. The van der Waals surface area contributed by atoms with Crippen LogP contribution in [0.25, 0.3) is 0 Å². The van der Waals surface area contributed by atoms with E-state index < -0.39 is 0 Å². The van der Waals surface area contributed by atoms with Crippen LogP contribution in [0.3, 0.4) is 0 Å². The van der Waals surface area contributed by atoms with Gasteiger partial charge in [0.05, 0.1) is 145 Å². The first kappa shape index (κ1) is 45.3. The van der Waals surface area contributed by atoms with Crippen LogP contribution in [0.5, 0.6) is 0 Å². The maximum Gasteiger partial charge on any atom is 0.314 e. The lowest BCUT2D eigenvalue weighted by atomic mass is 10.3. The lowest BCUT2D eigenvalue weighted by molar-refractivity contribution is -0.119. The Balaban J connectivity index is 3.08. The van der Waals surface area contributed by atoms with Crippen molar-refractivity contribution in [3.63, 3.8) is 0 Å². The van der Waals surface area contributed by atoms with Gasteiger partial charge in [0.25, 0.3) is 0 Å². The van der Waals surface area contributed by atoms with Crippen LogP contribution in [0.1, 0.15) is 26.7 Å². The third kappa shape index (κ3) is 42.3. The molecule has 0 unspecified atom stereocenters. The average molecular weight is 686 g/mol. The van der Waals surface area contributed by atoms with E-state index >= 15 is 0 Å². The average Bonchev–Trinajstić information content (AvgIpc) is 3.06. The van der Waals surface area contributed by atoms with E-state index in [4.69, 9.17) is 52.1 Å². The van der Waals surface area contributed by atoms with Gasteiger partial charge in [-0.3, -0.25) is 4.79 Å². The molecule has 47 heavy (non-hydrogen) atoms. The quantitative estimate of drug-likeness (QED) is 0.0761. The topological polar surface area (TPSA) is 172 Å². The SMILES string of the molecule is CCCCNC(=O)NCCOCCOCCOCCOCCOCCOCCOCCOCCOCCOCCOCCNC(C)=O. The van der Waals surface area contributed by atoms with E-state index in [1.807, 2.05) is 0 Å². The predicted octanol–water partition coefficient (Wildman–Crippen LogP) is 0.404. The molecule has 0 saturated carbocycles. The van der Waals surface area contributed by atoms with Crippen LogP contribution in [-0.4, -0.2) is 177 Å². The highest BCUT2D eigenvalue weighted by atomic mass is 16.6. The molecule has 0 bridgehead atoms. The lowest BCUT2D eigenvalue weighted by Gasteiger charge is -2.09. The summed E-state index contributed by atoms with van der Waals surface area (Å²) < 4.78 is 59.8. The summed E-state index contributed by atoms with van der Waals surface area (Å²) in [6.07, 6.45) is 2.03. The predicted molar refractivity (Wildman–Crippen MR) is 174 cm³/mol. The van der Waals surface area contributed by atoms with E-state index in [1.165, 1.54) is 6.92 Å². The van der Waals surface area contributed by atoms with Gasteiger partial charge in [-0.2, -0.15) is 0 Å². The number of carbonyl (C=O) groups excluding carboxylic acids is 2. The fourth-order valence-electron chi connectivity index (χ4n) is 3.28. The van der Waals surface area contributed by atoms with Gasteiger partial charge in [-0.05, 0) is 6.42 Å². The molecule has 280 valence electrons. The van der Waals surface area contributed by atoms with Crippen molar-refractivity contribution in [2.75, 3.05) is 165 Å². The third-order valence-electron chi connectivity index (χ3n) is 5.69. The maximum absolute atomic E-state index is 11.5. The molecule has 3 amide bonds. The van der Waals surface area contributed by atoms with E-state index in [2.05, 4.69) is 22.9 Å². The second kappa shape index (κ2) is 40.5. The summed E-state index contributed by atoms with van der Waals surface area (Å²) in [4.78, 5) is 22.2. The van der Waals surface area contributed by atoms with Crippen molar-refractivity contribution in [3.8, 4) is 0 Å². The Kier molecular flexibility index (Phi) is 39.0. The van der Waals surface area contributed by atoms with E-state index in [0.29, 0.717) is 165 Å². The van der Waals surface area contributed by atoms with Crippen molar-refractivity contribution < 1.29 is 61.7 Å². The molecule has 0 spiro atoms. The smallest absolute Gasteiger partial charge is 0.314 e. The van der Waals surface area contributed by atoms with Gasteiger partial charge >= 0.3 is 6.03 Å². The zero-order valence-electron chi connectivity index (χ0n) is 28.9. The molecule has 0 atom stereocenters. The van der Waals surface area contributed by atoms with Crippen LogP contribution in [0, 0.1) is 0 Å². The second-order valence-electron chi connectivity index (χ2n) is 9.76. The van der Waals surface area contributed by atoms with Gasteiger partial charge in [0.15, 0.2) is 0 Å². The summed E-state index contributed by atoms with van der Waals surface area (Å²) in [6, 6.07) is -0.162. The number of carbonyl (C=O) groups is 2. The standard InChI is InChI=1S/C31H63N3O13/c1-3-4-5-33-31(36)34-7-9-38-11-13-40-15-17-42-19-21-44-23-25-46-27-29-47-28-26-45-24-22-43-20-18-41-16-14-39-12-10-37-8-6-32-30(2)35/h3-29H2,1-2H3,(H,32,35)(H2,33,34,36). The van der Waals surface area contributed by atoms with Gasteiger partial charge in [-0.1, -0.05) is 13.3 Å². The van der Waals surface area contributed by atoms with Crippen molar-refractivity contribution in [1.82, 2.24) is 16.0 Å². The van der Waals surface area contributed by atoms with E-state index in [-0.39, 0.29) is 11.9 Å². The van der Waals surface area contributed by atoms with Gasteiger partial charge in [0.2, 0.25) is 5.91 Å². The first-order chi connectivity index (χ1) is 23.2. The van der Waals surface area contributed by atoms with Gasteiger partial charge in [-0.25, -0.2) is 4.79 Å². The Morgan fingerprint density at radius 3 is 0.851 bits per heavy atom. The Morgan fingerprint density at radius 1 is 0.362 bits per heavy atom. The van der Waals surface area contributed by atoms with Crippen molar-refractivity contribution in [2.24, 2.45) is 0 Å². The lowest BCUT2D eigenvalue weighted by Crippen LogP contribution is -2.37. The fourth-order valence-corrected chi connectivity index (χ4v) is 3.28. The molecule has 0 radical (unpaired) electrons. The Hall–Kier alpha value is -1.70. The maximum atomic E-state index is 11.5. The molecule has 0 saturated heterocycles. The van der Waals surface area contributed by atoms with Gasteiger partial charge in [-0.15, -0.1) is 0 Å². The molecule has 0 aromatic carbocycles. The molecular weight excluding hydrogens is 622 g/mol. The van der Waals surface area contributed by atoms with E-state index in [9.17, 15) is 9.59 Å². The molecule has 0 fully saturated rings. The van der Waals surface area contributed by atoms with Gasteiger partial charge in [0, 0.05) is 26.6 Å². The minimum atomic E-state index is -0.162. The van der Waals surface area contributed by atoms with Crippen molar-refractivity contribution >= 4 is 11.9 Å². The van der Waals surface area contributed by atoms with Crippen LogP contribution < -0.4 is 16.0 Å². The second-order valence-corrected chi connectivity index (χ2v) is 9.76. The number of rotatable bonds is 39. The summed E-state index contributed by atoms with van der Waals surface area (Å²) in [5.74, 6) is -0.0639. The number of ether oxygens (including phenoxy) is 11. The third-order valence-corrected chi connectivity index (χ3v) is 5.69. The summed E-state index contributed by atoms with van der Waals surface area (Å²) in [7, 11) is 0. The highest BCUT2D eigenvalue weighted by Crippen LogP contribution is 1.87. The van der Waals surface area contributed by atoms with Crippen LogP contribution >= 0.6 is 0 Å². The summed E-state index contributed by atoms with van der Waals surface area (Å²) in [6.45, 7) is 15.9. The summed E-state index contributed by atoms with van der Waals surface area (Å²) in [5.41, 5.74) is 0. The molecule has 0 heterocycles. The molecule has 0 aromatic heterocycles. The molecule has 3 N–H and O–H groups in total. The molecule has 0 aliphatic carbocycles. The molecule has 0 aromatic rings. The summed E-state index contributed by atoms with van der Waals surface area (Å²) in [5, 5.41) is 8.18. The van der Waals surface area contributed by atoms with Crippen molar-refractivity contribution in [2.45, 2.75) is 26.7 Å². The highest BCUT2D eigenvalue weighted by Gasteiger charge is 1.99.